The first kappa shape index (κ1) is 20.9. The molecule has 0 bridgehead atoms. The normalized spacial score (nSPS) is 30.2. The monoisotopic (exact) mass is 408 g/mol. The van der Waals surface area contributed by atoms with Gasteiger partial charge in [0.1, 0.15) is 6.10 Å². The maximum Gasteiger partial charge on any atom is 0.261 e. The van der Waals surface area contributed by atoms with E-state index in [1.165, 1.54) is 6.92 Å². The summed E-state index contributed by atoms with van der Waals surface area (Å²) in [5.74, 6) is -1.18. The fourth-order valence-corrected chi connectivity index (χ4v) is 7.22. The summed E-state index contributed by atoms with van der Waals surface area (Å²) in [5.41, 5.74) is 0.0918. The summed E-state index contributed by atoms with van der Waals surface area (Å²) in [7, 11) is -2.71. The molecule has 1 spiro atoms. The maximum atomic E-state index is 13.0. The largest absolute Gasteiger partial charge is 0.432 e. The van der Waals surface area contributed by atoms with Crippen LogP contribution < -0.4 is 10.6 Å². The average molecular weight is 409 g/mol. The molecule has 8 nitrogen and oxygen atoms in total. The van der Waals surface area contributed by atoms with Crippen molar-refractivity contribution in [2.45, 2.75) is 56.7 Å². The van der Waals surface area contributed by atoms with E-state index in [0.29, 0.717) is 23.4 Å². The molecule has 1 aromatic carbocycles. The summed E-state index contributed by atoms with van der Waals surface area (Å²) in [4.78, 5) is 35.7. The molecular weight excluding hydrogens is 380 g/mol. The Bertz CT molecular complexity index is 793. The van der Waals surface area contributed by atoms with Crippen molar-refractivity contribution in [1.82, 2.24) is 0 Å². The molecule has 0 unspecified atom stereocenters. The molecule has 0 aromatic heterocycles. The molecule has 5 atom stereocenters. The summed E-state index contributed by atoms with van der Waals surface area (Å²) in [6.45, 7) is 6.79. The topological polar surface area (TPSA) is 128 Å². The molecule has 28 heavy (non-hydrogen) atoms. The Morgan fingerprint density at radius 2 is 2.11 bits per heavy atom. The third-order valence-corrected chi connectivity index (χ3v) is 8.30. The molecule has 0 aliphatic carbocycles. The first-order chi connectivity index (χ1) is 13.0. The quantitative estimate of drug-likeness (QED) is 0.465. The lowest BCUT2D eigenvalue weighted by molar-refractivity contribution is -0.143. The number of fused-ring (bicyclic) bond motifs is 2. The highest BCUT2D eigenvalue weighted by atomic mass is 28.4. The van der Waals surface area contributed by atoms with Gasteiger partial charge in [-0.05, 0) is 44.6 Å². The Kier molecular flexibility index (Phi) is 5.41. The summed E-state index contributed by atoms with van der Waals surface area (Å²) in [6.07, 6.45) is -1.28. The minimum absolute atomic E-state index is 0.104. The van der Waals surface area contributed by atoms with E-state index in [-0.39, 0.29) is 24.0 Å². The zero-order chi connectivity index (χ0) is 20.9. The molecule has 2 aliphatic heterocycles. The van der Waals surface area contributed by atoms with Crippen LogP contribution in [0.25, 0.3) is 0 Å². The Balaban J connectivity index is 2.05. The van der Waals surface area contributed by atoms with E-state index in [1.807, 2.05) is 20.0 Å². The summed E-state index contributed by atoms with van der Waals surface area (Å²) in [6, 6.07) is 5.01. The van der Waals surface area contributed by atoms with Gasteiger partial charge in [0.05, 0.1) is 6.10 Å². The van der Waals surface area contributed by atoms with Crippen molar-refractivity contribution >= 4 is 31.5 Å². The van der Waals surface area contributed by atoms with Crippen molar-refractivity contribution in [3.8, 4) is 0 Å². The van der Waals surface area contributed by atoms with Crippen LogP contribution in [-0.2, 0) is 19.9 Å². The number of rotatable bonds is 5. The van der Waals surface area contributed by atoms with Gasteiger partial charge >= 0.3 is 0 Å². The van der Waals surface area contributed by atoms with Crippen molar-refractivity contribution in [3.63, 3.8) is 0 Å². The minimum Gasteiger partial charge on any atom is -0.432 e. The number of anilines is 2. The predicted octanol–water partition coefficient (Wildman–Crippen LogP) is 1.14. The zero-order valence-electron chi connectivity index (χ0n) is 16.5. The van der Waals surface area contributed by atoms with Gasteiger partial charge in [-0.3, -0.25) is 9.59 Å². The van der Waals surface area contributed by atoms with Crippen LogP contribution in [0.3, 0.4) is 0 Å². The van der Waals surface area contributed by atoms with Gasteiger partial charge in [-0.1, -0.05) is 6.92 Å². The van der Waals surface area contributed by atoms with Crippen LogP contribution in [0, 0.1) is 5.92 Å². The number of hydrogen-bond donors (Lipinski definition) is 5. The summed E-state index contributed by atoms with van der Waals surface area (Å²) in [5, 5.41) is 24.4. The van der Waals surface area contributed by atoms with E-state index < -0.39 is 32.0 Å². The van der Waals surface area contributed by atoms with Gasteiger partial charge in [-0.15, -0.1) is 0 Å². The number of ether oxygens (including phenoxy) is 1. The standard InChI is InChI=1S/C19H28N2O6Si/c1-10-16(28(3,4)26)15(7-8-22)27-19(10)13-9-12(20-17(24)11(2)23)5-6-14(13)21-18(19)25/h5-6,9-11,15-16,22-23,26H,7-8H2,1-4H3,(H,20,24)(H,21,25)/t10-,11-,15+,16-,19+/m0/s1. The van der Waals surface area contributed by atoms with Crippen LogP contribution in [0.5, 0.6) is 0 Å². The SMILES string of the molecule is C[C@H](O)C(=O)Nc1ccc2c(c1)[C@@]1(O[C@H](CCO)[C@@H]([Si](C)(C)O)[C@@H]1C)C(=O)N2. The van der Waals surface area contributed by atoms with Crippen molar-refractivity contribution in [2.24, 2.45) is 5.92 Å². The highest BCUT2D eigenvalue weighted by molar-refractivity contribution is 6.71. The number of carbonyl (C=O) groups is 2. The van der Waals surface area contributed by atoms with E-state index in [1.54, 1.807) is 18.2 Å². The van der Waals surface area contributed by atoms with Crippen molar-refractivity contribution in [3.05, 3.63) is 23.8 Å². The first-order valence-electron chi connectivity index (χ1n) is 9.48. The number of nitrogens with one attached hydrogen (secondary N) is 2. The molecule has 1 fully saturated rings. The minimum atomic E-state index is -2.71. The molecule has 0 saturated carbocycles. The van der Waals surface area contributed by atoms with E-state index >= 15 is 0 Å². The van der Waals surface area contributed by atoms with Gasteiger partial charge in [-0.2, -0.15) is 0 Å². The van der Waals surface area contributed by atoms with E-state index in [0.717, 1.165) is 0 Å². The van der Waals surface area contributed by atoms with Gasteiger partial charge in [0.25, 0.3) is 11.8 Å². The van der Waals surface area contributed by atoms with Gasteiger partial charge in [-0.25, -0.2) is 0 Å². The Morgan fingerprint density at radius 1 is 1.43 bits per heavy atom. The fourth-order valence-electron chi connectivity index (χ4n) is 4.62. The second kappa shape index (κ2) is 7.23. The molecule has 2 heterocycles. The van der Waals surface area contributed by atoms with Gasteiger partial charge < -0.3 is 30.4 Å². The highest BCUT2D eigenvalue weighted by Gasteiger charge is 2.64. The molecule has 1 aromatic rings. The predicted molar refractivity (Wildman–Crippen MR) is 106 cm³/mol. The molecule has 2 aliphatic rings. The van der Waals surface area contributed by atoms with Crippen LogP contribution in [0.15, 0.2) is 18.2 Å². The first-order valence-corrected chi connectivity index (χ1v) is 12.5. The molecule has 154 valence electrons. The third-order valence-electron chi connectivity index (χ3n) is 5.80. The number of carbonyl (C=O) groups excluding carboxylic acids is 2. The van der Waals surface area contributed by atoms with Crippen LogP contribution in [0.2, 0.25) is 18.6 Å². The average Bonchev–Trinajstić information content (AvgIpc) is 3.03. The second-order valence-corrected chi connectivity index (χ2v) is 12.2. The Morgan fingerprint density at radius 3 is 2.68 bits per heavy atom. The maximum absolute atomic E-state index is 13.0. The zero-order valence-corrected chi connectivity index (χ0v) is 17.5. The molecular formula is C19H28N2O6Si. The highest BCUT2D eigenvalue weighted by Crippen LogP contribution is 2.58. The lowest BCUT2D eigenvalue weighted by Gasteiger charge is -2.32. The van der Waals surface area contributed by atoms with Gasteiger partial charge in [0.2, 0.25) is 0 Å². The molecule has 0 radical (unpaired) electrons. The van der Waals surface area contributed by atoms with E-state index in [4.69, 9.17) is 4.74 Å². The molecule has 1 saturated heterocycles. The summed E-state index contributed by atoms with van der Waals surface area (Å²) < 4.78 is 6.29. The molecule has 3 rings (SSSR count). The van der Waals surface area contributed by atoms with Crippen LogP contribution in [-0.4, -0.2) is 54.0 Å². The van der Waals surface area contributed by atoms with Gasteiger partial charge in [0, 0.05) is 35.0 Å². The number of hydrogen-bond acceptors (Lipinski definition) is 6. The molecule has 5 N–H and O–H groups in total. The van der Waals surface area contributed by atoms with Crippen LogP contribution in [0.4, 0.5) is 11.4 Å². The van der Waals surface area contributed by atoms with Gasteiger partial charge in [0.15, 0.2) is 13.9 Å². The summed E-state index contributed by atoms with van der Waals surface area (Å²) >= 11 is 0. The van der Waals surface area contributed by atoms with Crippen LogP contribution in [0.1, 0.15) is 25.8 Å². The van der Waals surface area contributed by atoms with Crippen molar-refractivity contribution < 1.29 is 29.3 Å². The smallest absolute Gasteiger partial charge is 0.261 e. The molecule has 9 heteroatoms. The Labute approximate surface area is 165 Å². The molecule has 2 amide bonds. The number of aliphatic hydroxyl groups excluding tert-OH is 2. The number of amides is 2. The third kappa shape index (κ3) is 3.27. The van der Waals surface area contributed by atoms with Crippen LogP contribution >= 0.6 is 0 Å². The van der Waals surface area contributed by atoms with E-state index in [2.05, 4.69) is 10.6 Å². The Hall–Kier alpha value is -1.78. The van der Waals surface area contributed by atoms with E-state index in [9.17, 15) is 24.6 Å². The number of benzene rings is 1. The number of aliphatic hydroxyl groups is 2. The second-order valence-electron chi connectivity index (χ2n) is 8.25. The van der Waals surface area contributed by atoms with Crippen molar-refractivity contribution in [2.75, 3.05) is 17.2 Å². The van der Waals surface area contributed by atoms with Crippen molar-refractivity contribution in [1.29, 1.82) is 0 Å². The fraction of sp³-hybridized carbons (Fsp3) is 0.579. The lowest BCUT2D eigenvalue weighted by Crippen LogP contribution is -2.43. The lowest BCUT2D eigenvalue weighted by atomic mass is 9.82.